The number of rotatable bonds is 6. The number of ether oxygens (including phenoxy) is 1. The summed E-state index contributed by atoms with van der Waals surface area (Å²) < 4.78 is 10.2. The molecule has 0 bridgehead atoms. The number of oxazole rings is 1. The van der Waals surface area contributed by atoms with Gasteiger partial charge in [0.2, 0.25) is 11.7 Å². The first-order chi connectivity index (χ1) is 11.4. The zero-order valence-corrected chi connectivity index (χ0v) is 14.2. The van der Waals surface area contributed by atoms with Gasteiger partial charge in [0.1, 0.15) is 6.61 Å². The number of aromatic nitrogens is 1. The number of aryl methyl sites for hydroxylation is 3. The maximum absolute atomic E-state index is 12.3. The zero-order chi connectivity index (χ0) is 17.7. The molecule has 0 fully saturated rings. The highest BCUT2D eigenvalue weighted by Crippen LogP contribution is 2.21. The second-order valence-corrected chi connectivity index (χ2v) is 5.34. The number of methoxy groups -OCH3 is 1. The fourth-order valence-corrected chi connectivity index (χ4v) is 2.20. The monoisotopic (exact) mass is 331 g/mol. The van der Waals surface area contributed by atoms with Crippen molar-refractivity contribution in [3.8, 4) is 0 Å². The van der Waals surface area contributed by atoms with Gasteiger partial charge in [0.05, 0.1) is 5.69 Å². The lowest BCUT2D eigenvalue weighted by atomic mass is 10.1. The Morgan fingerprint density at radius 1 is 1.25 bits per heavy atom. The van der Waals surface area contributed by atoms with Crippen LogP contribution in [0.1, 0.15) is 34.6 Å². The molecule has 0 aliphatic heterocycles. The Hall–Kier alpha value is -2.67. The summed E-state index contributed by atoms with van der Waals surface area (Å²) in [5.41, 5.74) is 2.65. The van der Waals surface area contributed by atoms with E-state index >= 15 is 0 Å². The molecule has 1 aromatic carbocycles. The predicted molar refractivity (Wildman–Crippen MR) is 90.3 cm³/mol. The third kappa shape index (κ3) is 4.20. The molecule has 7 nitrogen and oxygen atoms in total. The fraction of sp³-hybridized carbons (Fsp3) is 0.353. The number of hydrogen-bond acceptors (Lipinski definition) is 5. The first-order valence-corrected chi connectivity index (χ1v) is 7.61. The second-order valence-electron chi connectivity index (χ2n) is 5.34. The minimum atomic E-state index is -0.352. The van der Waals surface area contributed by atoms with Gasteiger partial charge in [-0.05, 0) is 37.6 Å². The lowest BCUT2D eigenvalue weighted by Gasteiger charge is -2.10. The summed E-state index contributed by atoms with van der Waals surface area (Å²) in [6.45, 7) is 5.47. The van der Waals surface area contributed by atoms with Crippen LogP contribution in [-0.2, 0) is 16.0 Å². The molecular formula is C17H21N3O4. The molecule has 1 aromatic heterocycles. The summed E-state index contributed by atoms with van der Waals surface area (Å²) in [7, 11) is 1.46. The van der Waals surface area contributed by atoms with Gasteiger partial charge < -0.3 is 19.8 Å². The van der Waals surface area contributed by atoms with Crippen LogP contribution in [0.2, 0.25) is 0 Å². The number of anilines is 2. The Balaban J connectivity index is 2.10. The lowest BCUT2D eigenvalue weighted by molar-refractivity contribution is -0.119. The molecule has 2 aromatic rings. The quantitative estimate of drug-likeness (QED) is 0.849. The fourth-order valence-electron chi connectivity index (χ4n) is 2.20. The molecular weight excluding hydrogens is 310 g/mol. The van der Waals surface area contributed by atoms with Crippen LogP contribution in [0.4, 0.5) is 11.4 Å². The van der Waals surface area contributed by atoms with E-state index in [1.165, 1.54) is 7.11 Å². The standard InChI is InChI=1S/C17H21N3O4/c1-5-15-18-11(3)16(24-15)17(22)19-12-6-7-13(10(2)8-12)20-14(21)9-23-4/h6-8H,5,9H2,1-4H3,(H,19,22)(H,20,21). The van der Waals surface area contributed by atoms with Crippen LogP contribution in [0.3, 0.4) is 0 Å². The lowest BCUT2D eigenvalue weighted by Crippen LogP contribution is -2.18. The SMILES string of the molecule is CCc1nc(C)c(C(=O)Nc2ccc(NC(=O)COC)c(C)c2)o1. The molecule has 0 saturated heterocycles. The van der Waals surface area contributed by atoms with Gasteiger partial charge in [0.25, 0.3) is 5.91 Å². The normalized spacial score (nSPS) is 10.5. The molecule has 2 rings (SSSR count). The van der Waals surface area contributed by atoms with Crippen LogP contribution in [0.25, 0.3) is 0 Å². The maximum Gasteiger partial charge on any atom is 0.293 e. The summed E-state index contributed by atoms with van der Waals surface area (Å²) >= 11 is 0. The summed E-state index contributed by atoms with van der Waals surface area (Å²) in [6.07, 6.45) is 0.628. The van der Waals surface area contributed by atoms with Crippen molar-refractivity contribution in [3.63, 3.8) is 0 Å². The largest absolute Gasteiger partial charge is 0.435 e. The number of carbonyl (C=O) groups excluding carboxylic acids is 2. The highest BCUT2D eigenvalue weighted by Gasteiger charge is 2.17. The van der Waals surface area contributed by atoms with E-state index < -0.39 is 0 Å². The number of nitrogens with one attached hydrogen (secondary N) is 2. The molecule has 0 aliphatic carbocycles. The van der Waals surface area contributed by atoms with Crippen molar-refractivity contribution >= 4 is 23.2 Å². The molecule has 7 heteroatoms. The molecule has 24 heavy (non-hydrogen) atoms. The van der Waals surface area contributed by atoms with Crippen LogP contribution >= 0.6 is 0 Å². The molecule has 2 N–H and O–H groups in total. The third-order valence-corrected chi connectivity index (χ3v) is 3.38. The van der Waals surface area contributed by atoms with Crippen molar-refractivity contribution < 1.29 is 18.7 Å². The second kappa shape index (κ2) is 7.74. The van der Waals surface area contributed by atoms with Crippen molar-refractivity contribution in [1.82, 2.24) is 4.98 Å². The minimum Gasteiger partial charge on any atom is -0.435 e. The van der Waals surface area contributed by atoms with E-state index in [0.717, 1.165) is 5.56 Å². The number of amides is 2. The first kappa shape index (κ1) is 17.7. The Labute approximate surface area is 140 Å². The highest BCUT2D eigenvalue weighted by molar-refractivity contribution is 6.03. The molecule has 128 valence electrons. The molecule has 2 amide bonds. The van der Waals surface area contributed by atoms with Gasteiger partial charge in [-0.3, -0.25) is 9.59 Å². The Morgan fingerprint density at radius 2 is 2.00 bits per heavy atom. The van der Waals surface area contributed by atoms with Gasteiger partial charge in [-0.1, -0.05) is 6.92 Å². The van der Waals surface area contributed by atoms with Gasteiger partial charge in [-0.2, -0.15) is 0 Å². The maximum atomic E-state index is 12.3. The van der Waals surface area contributed by atoms with Gasteiger partial charge in [-0.15, -0.1) is 0 Å². The summed E-state index contributed by atoms with van der Waals surface area (Å²) in [6, 6.07) is 5.20. The van der Waals surface area contributed by atoms with E-state index in [2.05, 4.69) is 15.6 Å². The summed E-state index contributed by atoms with van der Waals surface area (Å²) in [5, 5.41) is 5.51. The first-order valence-electron chi connectivity index (χ1n) is 7.61. The number of nitrogens with zero attached hydrogens (tertiary/aromatic N) is 1. The predicted octanol–water partition coefficient (Wildman–Crippen LogP) is 2.69. The minimum absolute atomic E-state index is 0.0114. The van der Waals surface area contributed by atoms with E-state index in [0.29, 0.717) is 29.4 Å². The zero-order valence-electron chi connectivity index (χ0n) is 14.2. The van der Waals surface area contributed by atoms with Crippen molar-refractivity contribution in [2.45, 2.75) is 27.2 Å². The Kier molecular flexibility index (Phi) is 5.70. The molecule has 0 radical (unpaired) electrons. The summed E-state index contributed by atoms with van der Waals surface area (Å²) in [4.78, 5) is 28.0. The van der Waals surface area contributed by atoms with Crippen molar-refractivity contribution in [3.05, 3.63) is 41.1 Å². The van der Waals surface area contributed by atoms with Crippen molar-refractivity contribution in [2.75, 3.05) is 24.4 Å². The van der Waals surface area contributed by atoms with E-state index in [4.69, 9.17) is 9.15 Å². The van der Waals surface area contributed by atoms with Gasteiger partial charge in [-0.25, -0.2) is 4.98 Å². The van der Waals surface area contributed by atoms with E-state index in [-0.39, 0.29) is 24.2 Å². The molecule has 1 heterocycles. The Bertz CT molecular complexity index is 752. The van der Waals surface area contributed by atoms with Crippen LogP contribution in [-0.4, -0.2) is 30.5 Å². The summed E-state index contributed by atoms with van der Waals surface area (Å²) in [5.74, 6) is 0.157. The number of carbonyl (C=O) groups is 2. The molecule has 0 aliphatic rings. The average molecular weight is 331 g/mol. The third-order valence-electron chi connectivity index (χ3n) is 3.38. The van der Waals surface area contributed by atoms with E-state index in [9.17, 15) is 9.59 Å². The number of benzene rings is 1. The van der Waals surface area contributed by atoms with Crippen LogP contribution < -0.4 is 10.6 Å². The van der Waals surface area contributed by atoms with Gasteiger partial charge in [0.15, 0.2) is 5.89 Å². The molecule has 0 spiro atoms. The van der Waals surface area contributed by atoms with E-state index in [1.54, 1.807) is 25.1 Å². The van der Waals surface area contributed by atoms with Crippen LogP contribution in [0.15, 0.2) is 22.6 Å². The van der Waals surface area contributed by atoms with E-state index in [1.807, 2.05) is 13.8 Å². The highest BCUT2D eigenvalue weighted by atomic mass is 16.5. The van der Waals surface area contributed by atoms with Crippen molar-refractivity contribution in [2.24, 2.45) is 0 Å². The van der Waals surface area contributed by atoms with Gasteiger partial charge >= 0.3 is 0 Å². The van der Waals surface area contributed by atoms with Crippen LogP contribution in [0, 0.1) is 13.8 Å². The van der Waals surface area contributed by atoms with Crippen molar-refractivity contribution in [1.29, 1.82) is 0 Å². The average Bonchev–Trinajstić information content (AvgIpc) is 2.91. The molecule has 0 atom stereocenters. The Morgan fingerprint density at radius 3 is 2.58 bits per heavy atom. The topological polar surface area (TPSA) is 93.5 Å². The smallest absolute Gasteiger partial charge is 0.293 e. The molecule has 0 unspecified atom stereocenters. The number of hydrogen-bond donors (Lipinski definition) is 2. The van der Waals surface area contributed by atoms with Gasteiger partial charge in [0, 0.05) is 24.9 Å². The van der Waals surface area contributed by atoms with Crippen LogP contribution in [0.5, 0.6) is 0 Å². The molecule has 0 saturated carbocycles.